The molecule has 0 saturated carbocycles. The summed E-state index contributed by atoms with van der Waals surface area (Å²) < 4.78 is 5.50. The van der Waals surface area contributed by atoms with Crippen molar-refractivity contribution in [1.29, 1.82) is 0 Å². The lowest BCUT2D eigenvalue weighted by atomic mass is 10.1. The molecular formula is C15H13NO4. The molecule has 102 valence electrons. The Hall–Kier alpha value is -2.82. The van der Waals surface area contributed by atoms with Gasteiger partial charge in [0.15, 0.2) is 0 Å². The van der Waals surface area contributed by atoms with Crippen LogP contribution < -0.4 is 10.5 Å². The highest BCUT2D eigenvalue weighted by Crippen LogP contribution is 2.15. The highest BCUT2D eigenvalue weighted by molar-refractivity contribution is 5.92. The van der Waals surface area contributed by atoms with Crippen LogP contribution in [0.25, 0.3) is 0 Å². The van der Waals surface area contributed by atoms with Crippen LogP contribution in [0.15, 0.2) is 48.5 Å². The van der Waals surface area contributed by atoms with Crippen LogP contribution in [0.5, 0.6) is 5.75 Å². The molecule has 20 heavy (non-hydrogen) atoms. The van der Waals surface area contributed by atoms with Gasteiger partial charge < -0.3 is 15.6 Å². The summed E-state index contributed by atoms with van der Waals surface area (Å²) in [5.74, 6) is -1.06. The maximum Gasteiger partial charge on any atom is 0.335 e. The second kappa shape index (κ2) is 5.88. The SMILES string of the molecule is NC(=O)c1cccc(COc2cccc(C(=O)O)c2)c1. The molecule has 0 saturated heterocycles. The van der Waals surface area contributed by atoms with Gasteiger partial charge in [-0.05, 0) is 35.9 Å². The fraction of sp³-hybridized carbons (Fsp3) is 0.0667. The van der Waals surface area contributed by atoms with Gasteiger partial charge in [-0.2, -0.15) is 0 Å². The Labute approximate surface area is 115 Å². The Morgan fingerprint density at radius 2 is 1.75 bits per heavy atom. The molecule has 0 aliphatic carbocycles. The van der Waals surface area contributed by atoms with Crippen molar-refractivity contribution in [2.75, 3.05) is 0 Å². The van der Waals surface area contributed by atoms with Crippen molar-refractivity contribution in [3.63, 3.8) is 0 Å². The van der Waals surface area contributed by atoms with Crippen molar-refractivity contribution >= 4 is 11.9 Å². The van der Waals surface area contributed by atoms with Gasteiger partial charge >= 0.3 is 5.97 Å². The third-order valence-corrected chi connectivity index (χ3v) is 2.70. The van der Waals surface area contributed by atoms with Crippen LogP contribution in [0.3, 0.4) is 0 Å². The van der Waals surface area contributed by atoms with E-state index in [1.54, 1.807) is 36.4 Å². The summed E-state index contributed by atoms with van der Waals surface area (Å²) in [7, 11) is 0. The van der Waals surface area contributed by atoms with Crippen LogP contribution >= 0.6 is 0 Å². The molecular weight excluding hydrogens is 258 g/mol. The molecule has 0 aromatic heterocycles. The number of nitrogens with two attached hydrogens (primary N) is 1. The van der Waals surface area contributed by atoms with E-state index in [4.69, 9.17) is 15.6 Å². The summed E-state index contributed by atoms with van der Waals surface area (Å²) in [5, 5.41) is 8.89. The minimum absolute atomic E-state index is 0.161. The van der Waals surface area contributed by atoms with E-state index in [0.717, 1.165) is 5.56 Å². The van der Waals surface area contributed by atoms with E-state index in [-0.39, 0.29) is 12.2 Å². The van der Waals surface area contributed by atoms with Gasteiger partial charge in [0, 0.05) is 5.56 Å². The predicted octanol–water partition coefficient (Wildman–Crippen LogP) is 2.06. The Kier molecular flexibility index (Phi) is 4.00. The van der Waals surface area contributed by atoms with Crippen molar-refractivity contribution in [3.8, 4) is 5.75 Å². The van der Waals surface area contributed by atoms with Crippen LogP contribution in [-0.4, -0.2) is 17.0 Å². The molecule has 5 nitrogen and oxygen atoms in total. The third kappa shape index (κ3) is 3.35. The number of carbonyl (C=O) groups excluding carboxylic acids is 1. The number of hydrogen-bond donors (Lipinski definition) is 2. The predicted molar refractivity (Wildman–Crippen MR) is 72.7 cm³/mol. The maximum absolute atomic E-state index is 11.1. The monoisotopic (exact) mass is 271 g/mol. The Bertz CT molecular complexity index is 594. The number of carboxylic acid groups (broad SMARTS) is 1. The van der Waals surface area contributed by atoms with Gasteiger partial charge in [0.05, 0.1) is 5.56 Å². The van der Waals surface area contributed by atoms with Gasteiger partial charge in [-0.3, -0.25) is 4.79 Å². The first-order valence-corrected chi connectivity index (χ1v) is 5.91. The Morgan fingerprint density at radius 1 is 1.05 bits per heavy atom. The molecule has 3 N–H and O–H groups in total. The number of ether oxygens (including phenoxy) is 1. The number of carbonyl (C=O) groups is 2. The van der Waals surface area contributed by atoms with Crippen molar-refractivity contribution in [2.24, 2.45) is 5.73 Å². The van der Waals surface area contributed by atoms with Gasteiger partial charge in [-0.1, -0.05) is 18.2 Å². The topological polar surface area (TPSA) is 89.6 Å². The molecule has 2 rings (SSSR count). The van der Waals surface area contributed by atoms with Crippen LogP contribution in [0, 0.1) is 0 Å². The molecule has 0 heterocycles. The Morgan fingerprint density at radius 3 is 2.45 bits per heavy atom. The average molecular weight is 271 g/mol. The zero-order valence-electron chi connectivity index (χ0n) is 10.6. The molecule has 0 spiro atoms. The molecule has 0 fully saturated rings. The first-order chi connectivity index (χ1) is 9.56. The van der Waals surface area contributed by atoms with Gasteiger partial charge in [-0.25, -0.2) is 4.79 Å². The second-order valence-corrected chi connectivity index (χ2v) is 4.19. The van der Waals surface area contributed by atoms with E-state index in [9.17, 15) is 9.59 Å². The summed E-state index contributed by atoms with van der Waals surface area (Å²) in [4.78, 5) is 21.9. The molecule has 2 aromatic rings. The van der Waals surface area contributed by atoms with Gasteiger partial charge in [0.1, 0.15) is 12.4 Å². The molecule has 0 aliphatic rings. The minimum atomic E-state index is -1.01. The first-order valence-electron chi connectivity index (χ1n) is 5.91. The Balaban J connectivity index is 2.08. The molecule has 0 unspecified atom stereocenters. The van der Waals surface area contributed by atoms with Crippen molar-refractivity contribution in [2.45, 2.75) is 6.61 Å². The number of primary amides is 1. The van der Waals surface area contributed by atoms with Crippen molar-refractivity contribution in [3.05, 3.63) is 65.2 Å². The summed E-state index contributed by atoms with van der Waals surface area (Å²) in [6.45, 7) is 0.226. The summed E-state index contributed by atoms with van der Waals surface area (Å²) >= 11 is 0. The number of amides is 1. The number of benzene rings is 2. The number of hydrogen-bond acceptors (Lipinski definition) is 3. The van der Waals surface area contributed by atoms with Crippen LogP contribution in [0.4, 0.5) is 0 Å². The van der Waals surface area contributed by atoms with Gasteiger partial charge in [0.2, 0.25) is 5.91 Å². The molecule has 0 radical (unpaired) electrons. The fourth-order valence-corrected chi connectivity index (χ4v) is 1.70. The summed E-state index contributed by atoms with van der Waals surface area (Å²) in [6, 6.07) is 13.0. The van der Waals surface area contributed by atoms with Gasteiger partial charge in [-0.15, -0.1) is 0 Å². The van der Waals surface area contributed by atoms with Crippen molar-refractivity contribution in [1.82, 2.24) is 0 Å². The van der Waals surface area contributed by atoms with E-state index >= 15 is 0 Å². The van der Waals surface area contributed by atoms with E-state index in [1.165, 1.54) is 12.1 Å². The number of aromatic carboxylic acids is 1. The van der Waals surface area contributed by atoms with Crippen LogP contribution in [0.2, 0.25) is 0 Å². The second-order valence-electron chi connectivity index (χ2n) is 4.19. The summed E-state index contributed by atoms with van der Waals surface area (Å²) in [6.07, 6.45) is 0. The maximum atomic E-state index is 11.1. The molecule has 2 aromatic carbocycles. The lowest BCUT2D eigenvalue weighted by Gasteiger charge is -2.07. The smallest absolute Gasteiger partial charge is 0.335 e. The van der Waals surface area contributed by atoms with Crippen molar-refractivity contribution < 1.29 is 19.4 Å². The van der Waals surface area contributed by atoms with E-state index in [1.807, 2.05) is 0 Å². The zero-order chi connectivity index (χ0) is 14.5. The minimum Gasteiger partial charge on any atom is -0.489 e. The normalized spacial score (nSPS) is 10.0. The highest BCUT2D eigenvalue weighted by atomic mass is 16.5. The summed E-state index contributed by atoms with van der Waals surface area (Å²) in [5.41, 5.74) is 6.55. The first kappa shape index (κ1) is 13.6. The zero-order valence-corrected chi connectivity index (χ0v) is 10.6. The average Bonchev–Trinajstić information content (AvgIpc) is 2.45. The van der Waals surface area contributed by atoms with Gasteiger partial charge in [0.25, 0.3) is 0 Å². The molecule has 0 aliphatic heterocycles. The van der Waals surface area contributed by atoms with E-state index in [2.05, 4.69) is 0 Å². The van der Waals surface area contributed by atoms with Crippen LogP contribution in [-0.2, 0) is 6.61 Å². The van der Waals surface area contributed by atoms with Crippen LogP contribution in [0.1, 0.15) is 26.3 Å². The largest absolute Gasteiger partial charge is 0.489 e. The third-order valence-electron chi connectivity index (χ3n) is 2.70. The number of rotatable bonds is 5. The highest BCUT2D eigenvalue weighted by Gasteiger charge is 2.05. The lowest BCUT2D eigenvalue weighted by molar-refractivity contribution is 0.0696. The fourth-order valence-electron chi connectivity index (χ4n) is 1.70. The standard InChI is InChI=1S/C15H13NO4/c16-14(17)11-4-1-3-10(7-11)9-20-13-6-2-5-12(8-13)15(18)19/h1-8H,9H2,(H2,16,17)(H,18,19). The molecule has 0 bridgehead atoms. The molecule has 5 heteroatoms. The molecule has 0 atom stereocenters. The number of carboxylic acids is 1. The quantitative estimate of drug-likeness (QED) is 0.871. The van der Waals surface area contributed by atoms with E-state index < -0.39 is 11.9 Å². The van der Waals surface area contributed by atoms with E-state index in [0.29, 0.717) is 11.3 Å². The lowest BCUT2D eigenvalue weighted by Crippen LogP contribution is -2.11. The molecule has 1 amide bonds.